The van der Waals surface area contributed by atoms with Gasteiger partial charge in [0, 0.05) is 6.19 Å². The summed E-state index contributed by atoms with van der Waals surface area (Å²) in [5, 5.41) is 16.3. The van der Waals surface area contributed by atoms with Gasteiger partial charge in [0.05, 0.1) is 12.1 Å². The van der Waals surface area contributed by atoms with Crippen LogP contribution in [0.2, 0.25) is 0 Å². The molecular formula is C22H36N3OPS2. The third-order valence-electron chi connectivity index (χ3n) is 6.22. The summed E-state index contributed by atoms with van der Waals surface area (Å²) in [5.74, 6) is 0.228. The number of aromatic nitrogens is 3. The summed E-state index contributed by atoms with van der Waals surface area (Å²) >= 11 is 11.2. The summed E-state index contributed by atoms with van der Waals surface area (Å²) < 4.78 is 4.34. The van der Waals surface area contributed by atoms with Gasteiger partial charge in [0.25, 0.3) is 0 Å². The lowest BCUT2D eigenvalue weighted by Crippen LogP contribution is -2.49. The van der Waals surface area contributed by atoms with Crippen LogP contribution in [0.4, 0.5) is 0 Å². The van der Waals surface area contributed by atoms with Gasteiger partial charge in [-0.3, -0.25) is 4.34 Å². The Morgan fingerprint density at radius 2 is 1.83 bits per heavy atom. The van der Waals surface area contributed by atoms with Crippen LogP contribution in [0, 0.1) is 16.1 Å². The highest BCUT2D eigenvalue weighted by Crippen LogP contribution is 2.52. The van der Waals surface area contributed by atoms with E-state index in [2.05, 4.69) is 43.2 Å². The largest absolute Gasteiger partial charge is 0.387 e. The van der Waals surface area contributed by atoms with Gasteiger partial charge >= 0.3 is 0 Å². The van der Waals surface area contributed by atoms with E-state index in [1.807, 2.05) is 37.6 Å². The first-order valence-electron chi connectivity index (χ1n) is 10.5. The van der Waals surface area contributed by atoms with Crippen molar-refractivity contribution in [2.75, 3.05) is 13.3 Å². The SMILES string of the molecule is CC.CC1(C)CCC(CCc2ccccc2)C1(O)Cn1ncn(P(C)(C)=S)c1=S. The Kier molecular flexibility index (Phi) is 8.06. The molecule has 3 rings (SSSR count). The highest BCUT2D eigenvalue weighted by atomic mass is 32.4. The first-order chi connectivity index (χ1) is 13.5. The second-order valence-corrected chi connectivity index (χ2v) is 14.8. The fraction of sp³-hybridized carbons (Fsp3) is 0.636. The number of aliphatic hydroxyl groups is 1. The van der Waals surface area contributed by atoms with Gasteiger partial charge in [-0.25, -0.2) is 4.68 Å². The third kappa shape index (κ3) is 5.28. The minimum Gasteiger partial charge on any atom is -0.387 e. The summed E-state index contributed by atoms with van der Waals surface area (Å²) in [6.07, 6.45) is 4.01. The van der Waals surface area contributed by atoms with Gasteiger partial charge < -0.3 is 5.11 Å². The van der Waals surface area contributed by atoms with Gasteiger partial charge in [-0.2, -0.15) is 5.10 Å². The van der Waals surface area contributed by atoms with Gasteiger partial charge in [-0.1, -0.05) is 69.8 Å². The monoisotopic (exact) mass is 453 g/mol. The van der Waals surface area contributed by atoms with E-state index < -0.39 is 11.8 Å². The molecule has 1 aliphatic rings. The molecular weight excluding hydrogens is 417 g/mol. The van der Waals surface area contributed by atoms with Gasteiger partial charge in [-0.05, 0) is 68.1 Å². The lowest BCUT2D eigenvalue weighted by molar-refractivity contribution is -0.0928. The summed E-state index contributed by atoms with van der Waals surface area (Å²) in [6, 6.07) is 10.5. The van der Waals surface area contributed by atoms with Crippen LogP contribution < -0.4 is 0 Å². The van der Waals surface area contributed by atoms with Gasteiger partial charge in [0.1, 0.15) is 6.33 Å². The van der Waals surface area contributed by atoms with Crippen LogP contribution in [-0.4, -0.2) is 38.2 Å². The van der Waals surface area contributed by atoms with Crippen LogP contribution in [0.25, 0.3) is 0 Å². The van der Waals surface area contributed by atoms with E-state index in [1.54, 1.807) is 11.0 Å². The fourth-order valence-electron chi connectivity index (χ4n) is 4.25. The van der Waals surface area contributed by atoms with Crippen molar-refractivity contribution in [2.45, 2.75) is 65.5 Å². The number of hydrogen-bond acceptors (Lipinski definition) is 4. The molecule has 2 aromatic rings. The molecule has 2 atom stereocenters. The number of rotatable bonds is 6. The smallest absolute Gasteiger partial charge is 0.201 e. The Bertz CT molecular complexity index is 900. The maximum Gasteiger partial charge on any atom is 0.201 e. The van der Waals surface area contributed by atoms with Crippen molar-refractivity contribution >= 4 is 30.2 Å². The molecule has 1 aromatic carbocycles. The Balaban J connectivity index is 0.00000145. The van der Waals surface area contributed by atoms with E-state index in [9.17, 15) is 5.11 Å². The van der Waals surface area contributed by atoms with E-state index >= 15 is 0 Å². The first-order valence-corrected chi connectivity index (χ1v) is 14.6. The molecule has 1 saturated carbocycles. The lowest BCUT2D eigenvalue weighted by Gasteiger charge is -2.40. The molecule has 7 heteroatoms. The maximum absolute atomic E-state index is 11.8. The maximum atomic E-state index is 11.8. The second kappa shape index (κ2) is 9.55. The third-order valence-corrected chi connectivity index (χ3v) is 8.62. The Morgan fingerprint density at radius 1 is 1.21 bits per heavy atom. The lowest BCUT2D eigenvalue weighted by atomic mass is 9.72. The van der Waals surface area contributed by atoms with Crippen molar-refractivity contribution in [1.29, 1.82) is 0 Å². The van der Waals surface area contributed by atoms with Crippen molar-refractivity contribution in [2.24, 2.45) is 11.3 Å². The second-order valence-electron chi connectivity index (χ2n) is 8.78. The molecule has 0 amide bonds. The predicted molar refractivity (Wildman–Crippen MR) is 130 cm³/mol. The number of aryl methyl sites for hydroxylation is 1. The van der Waals surface area contributed by atoms with E-state index in [1.165, 1.54) is 5.56 Å². The molecule has 29 heavy (non-hydrogen) atoms. The van der Waals surface area contributed by atoms with E-state index in [0.717, 1.165) is 25.7 Å². The van der Waals surface area contributed by atoms with Crippen molar-refractivity contribution < 1.29 is 5.11 Å². The van der Waals surface area contributed by atoms with Gasteiger partial charge in [0.15, 0.2) is 0 Å². The number of nitrogens with zero attached hydrogens (tertiary/aromatic N) is 3. The molecule has 0 radical (unpaired) electrons. The summed E-state index contributed by atoms with van der Waals surface area (Å²) in [5.41, 5.74) is 0.317. The topological polar surface area (TPSA) is 43.0 Å². The zero-order valence-corrected chi connectivity index (χ0v) is 21.2. The van der Waals surface area contributed by atoms with Crippen molar-refractivity contribution in [3.63, 3.8) is 0 Å². The normalized spacial score (nSPS) is 23.5. The van der Waals surface area contributed by atoms with Crippen molar-refractivity contribution in [3.05, 3.63) is 47.0 Å². The summed E-state index contributed by atoms with van der Waals surface area (Å²) in [6.45, 7) is 12.9. The predicted octanol–water partition coefficient (Wildman–Crippen LogP) is 5.74. The van der Waals surface area contributed by atoms with Gasteiger partial charge in [0.2, 0.25) is 4.77 Å². The molecule has 0 saturated heterocycles. The molecule has 1 aromatic heterocycles. The van der Waals surface area contributed by atoms with Crippen LogP contribution in [0.3, 0.4) is 0 Å². The summed E-state index contributed by atoms with van der Waals surface area (Å²) in [7, 11) is 0. The molecule has 1 N–H and O–H groups in total. The molecule has 1 aliphatic carbocycles. The van der Waals surface area contributed by atoms with Crippen LogP contribution >= 0.6 is 18.4 Å². The van der Waals surface area contributed by atoms with E-state index in [4.69, 9.17) is 24.0 Å². The molecule has 2 unspecified atom stereocenters. The van der Waals surface area contributed by atoms with Gasteiger partial charge in [-0.15, -0.1) is 0 Å². The summed E-state index contributed by atoms with van der Waals surface area (Å²) in [4.78, 5) is 0. The molecule has 1 heterocycles. The molecule has 0 spiro atoms. The fourth-order valence-corrected chi connectivity index (χ4v) is 6.35. The van der Waals surface area contributed by atoms with Crippen LogP contribution in [0.1, 0.15) is 52.5 Å². The molecule has 4 nitrogen and oxygen atoms in total. The standard InChI is InChI=1S/C20H30N3OPS2.C2H6/c1-19(2)13-12-17(11-10-16-8-6-5-7-9-16)20(19,24)14-22-18(26)23(15-21-22)25(3,4)27;1-2/h5-9,15,17,24H,10-14H2,1-4H3;1-2H3. The zero-order chi connectivity index (χ0) is 21.9. The van der Waals surface area contributed by atoms with Crippen LogP contribution in [0.5, 0.6) is 0 Å². The Morgan fingerprint density at radius 3 is 2.38 bits per heavy atom. The Hall–Kier alpha value is -0.810. The molecule has 162 valence electrons. The minimum absolute atomic E-state index is 0.175. The van der Waals surface area contributed by atoms with Crippen LogP contribution in [0.15, 0.2) is 36.7 Å². The van der Waals surface area contributed by atoms with E-state index in [0.29, 0.717) is 11.3 Å². The highest BCUT2D eigenvalue weighted by molar-refractivity contribution is 8.13. The van der Waals surface area contributed by atoms with Crippen LogP contribution in [-0.2, 0) is 24.8 Å². The average molecular weight is 454 g/mol. The molecule has 0 aliphatic heterocycles. The highest BCUT2D eigenvalue weighted by Gasteiger charge is 2.54. The number of benzene rings is 1. The number of hydrogen-bond donors (Lipinski definition) is 1. The molecule has 1 fully saturated rings. The first kappa shape index (κ1) is 24.5. The molecule has 0 bridgehead atoms. The Labute approximate surface area is 186 Å². The van der Waals surface area contributed by atoms with E-state index in [-0.39, 0.29) is 11.3 Å². The van der Waals surface area contributed by atoms with Crippen molar-refractivity contribution in [1.82, 2.24) is 14.1 Å². The average Bonchev–Trinajstić information content (AvgIpc) is 3.14. The van der Waals surface area contributed by atoms with Crippen molar-refractivity contribution in [3.8, 4) is 0 Å². The quantitative estimate of drug-likeness (QED) is 0.447. The zero-order valence-electron chi connectivity index (χ0n) is 18.6. The minimum atomic E-state index is -1.72.